The van der Waals surface area contributed by atoms with E-state index >= 15 is 0 Å². The van der Waals surface area contributed by atoms with Crippen molar-refractivity contribution in [1.82, 2.24) is 10.3 Å². The number of nitrogens with one attached hydrogen (secondary N) is 2. The molecule has 0 bridgehead atoms. The lowest BCUT2D eigenvalue weighted by atomic mass is 10.1. The number of hydrogen-bond acceptors (Lipinski definition) is 3. The first-order valence-corrected chi connectivity index (χ1v) is 6.84. The van der Waals surface area contributed by atoms with Crippen LogP contribution < -0.4 is 10.6 Å². The summed E-state index contributed by atoms with van der Waals surface area (Å²) in [5, 5.41) is 5.78. The molecule has 1 aliphatic heterocycles. The summed E-state index contributed by atoms with van der Waals surface area (Å²) in [5.74, 6) is 0.321. The molecule has 0 fully saturated rings. The first-order chi connectivity index (χ1) is 8.46. The molecule has 1 atom stereocenters. The fraction of sp³-hybridized carbons (Fsp3) is 0.167. The predicted octanol–water partition coefficient (Wildman–Crippen LogP) is 2.94. The van der Waals surface area contributed by atoms with Gasteiger partial charge in [0.25, 0.3) is 5.91 Å². The summed E-state index contributed by atoms with van der Waals surface area (Å²) in [6.45, 7) is 1.95. The van der Waals surface area contributed by atoms with Crippen molar-refractivity contribution in [2.24, 2.45) is 0 Å². The quantitative estimate of drug-likeness (QED) is 0.619. The van der Waals surface area contributed by atoms with Crippen LogP contribution in [0.2, 0.25) is 0 Å². The number of dihydropyridines is 1. The second-order valence-electron chi connectivity index (χ2n) is 3.97. The zero-order valence-electron chi connectivity index (χ0n) is 9.58. The molecule has 0 aromatic carbocycles. The number of nitrogens with zero attached hydrogens (tertiary/aromatic N) is 1. The molecule has 0 saturated carbocycles. The van der Waals surface area contributed by atoms with Gasteiger partial charge in [-0.2, -0.15) is 0 Å². The number of alkyl halides is 1. The Morgan fingerprint density at radius 2 is 2.28 bits per heavy atom. The van der Waals surface area contributed by atoms with E-state index in [1.54, 1.807) is 24.5 Å². The van der Waals surface area contributed by atoms with Crippen LogP contribution in [0.3, 0.4) is 0 Å². The van der Waals surface area contributed by atoms with Crippen molar-refractivity contribution in [3.05, 3.63) is 46.7 Å². The van der Waals surface area contributed by atoms with Gasteiger partial charge in [-0.25, -0.2) is 4.98 Å². The number of carbonyl (C=O) groups is 1. The highest BCUT2D eigenvalue weighted by atomic mass is 79.9. The molecule has 1 aliphatic rings. The summed E-state index contributed by atoms with van der Waals surface area (Å²) in [6.07, 6.45) is 6.94. The molecule has 1 amide bonds. The first kappa shape index (κ1) is 13.3. The van der Waals surface area contributed by atoms with Gasteiger partial charge in [-0.15, -0.1) is 0 Å². The van der Waals surface area contributed by atoms with Gasteiger partial charge in [-0.1, -0.05) is 15.9 Å². The highest BCUT2D eigenvalue weighted by Crippen LogP contribution is 2.20. The Labute approximate surface area is 122 Å². The Hall–Kier alpha value is -1.14. The Bertz CT molecular complexity index is 521. The number of aromatic nitrogens is 1. The van der Waals surface area contributed by atoms with E-state index in [0.29, 0.717) is 11.4 Å². The topological polar surface area (TPSA) is 54.0 Å². The molecule has 0 aliphatic carbocycles. The second kappa shape index (κ2) is 5.24. The molecule has 6 heteroatoms. The molecule has 1 unspecified atom stereocenters. The van der Waals surface area contributed by atoms with Crippen LogP contribution in [0.5, 0.6) is 0 Å². The predicted molar refractivity (Wildman–Crippen MR) is 78.3 cm³/mol. The highest BCUT2D eigenvalue weighted by molar-refractivity contribution is 9.10. The minimum atomic E-state index is -0.299. The van der Waals surface area contributed by atoms with Crippen LogP contribution in [0.4, 0.5) is 5.82 Å². The maximum absolute atomic E-state index is 11.9. The molecular weight excluding hydrogens is 362 g/mol. The average Bonchev–Trinajstić information content (AvgIpc) is 2.32. The average molecular weight is 373 g/mol. The van der Waals surface area contributed by atoms with Gasteiger partial charge in [0.2, 0.25) is 0 Å². The van der Waals surface area contributed by atoms with E-state index in [9.17, 15) is 4.79 Å². The van der Waals surface area contributed by atoms with Crippen LogP contribution in [-0.2, 0) is 4.79 Å². The molecule has 94 valence electrons. The van der Waals surface area contributed by atoms with Crippen molar-refractivity contribution >= 4 is 43.6 Å². The normalized spacial score (nSPS) is 22.1. The molecule has 0 saturated heterocycles. The van der Waals surface area contributed by atoms with Gasteiger partial charge in [0.1, 0.15) is 10.3 Å². The zero-order valence-corrected chi connectivity index (χ0v) is 12.7. The standard InChI is InChI=1S/C12H11Br2N3O/c1-12(14)5-4-8(6-16-12)11(18)17-10-3-2-9(13)7-15-10/h2-7,16H,1H3,(H,15,17,18). The van der Waals surface area contributed by atoms with E-state index in [-0.39, 0.29) is 10.4 Å². The van der Waals surface area contributed by atoms with E-state index < -0.39 is 0 Å². The molecule has 2 N–H and O–H groups in total. The maximum Gasteiger partial charge on any atom is 0.258 e. The van der Waals surface area contributed by atoms with E-state index in [4.69, 9.17) is 0 Å². The lowest BCUT2D eigenvalue weighted by molar-refractivity contribution is -0.112. The summed E-state index contributed by atoms with van der Waals surface area (Å²) in [7, 11) is 0. The molecule has 2 rings (SSSR count). The van der Waals surface area contributed by atoms with Crippen LogP contribution in [0.25, 0.3) is 0 Å². The number of rotatable bonds is 2. The smallest absolute Gasteiger partial charge is 0.258 e. The number of carbonyl (C=O) groups excluding carboxylic acids is 1. The molecule has 0 radical (unpaired) electrons. The van der Waals surface area contributed by atoms with Crippen LogP contribution in [-0.4, -0.2) is 15.3 Å². The summed E-state index contributed by atoms with van der Waals surface area (Å²) in [4.78, 5) is 16.0. The fourth-order valence-electron chi connectivity index (χ4n) is 1.34. The third-order valence-electron chi connectivity index (χ3n) is 2.32. The number of halogens is 2. The molecule has 18 heavy (non-hydrogen) atoms. The van der Waals surface area contributed by atoms with Crippen molar-refractivity contribution in [3.8, 4) is 0 Å². The maximum atomic E-state index is 11.9. The summed E-state index contributed by atoms with van der Waals surface area (Å²) in [6, 6.07) is 3.55. The number of pyridine rings is 1. The Morgan fingerprint density at radius 1 is 1.50 bits per heavy atom. The second-order valence-corrected chi connectivity index (χ2v) is 6.53. The molecule has 2 heterocycles. The van der Waals surface area contributed by atoms with Gasteiger partial charge in [0.05, 0.1) is 5.57 Å². The third kappa shape index (κ3) is 3.43. The van der Waals surface area contributed by atoms with Crippen molar-refractivity contribution < 1.29 is 4.79 Å². The Balaban J connectivity index is 2.04. The largest absolute Gasteiger partial charge is 0.373 e. The Morgan fingerprint density at radius 3 is 2.83 bits per heavy atom. The number of anilines is 1. The summed E-state index contributed by atoms with van der Waals surface area (Å²) >= 11 is 6.74. The minimum absolute atomic E-state index is 0.198. The van der Waals surface area contributed by atoms with Crippen LogP contribution in [0, 0.1) is 0 Å². The van der Waals surface area contributed by atoms with Gasteiger partial charge in [-0.05, 0) is 47.1 Å². The minimum Gasteiger partial charge on any atom is -0.373 e. The SMILES string of the molecule is CC1(Br)C=CC(C(=O)Nc2ccc(Br)cn2)=CN1. The van der Waals surface area contributed by atoms with Gasteiger partial charge in [0, 0.05) is 16.9 Å². The van der Waals surface area contributed by atoms with E-state index in [0.717, 1.165) is 4.47 Å². The number of amides is 1. The van der Waals surface area contributed by atoms with Gasteiger partial charge in [-0.3, -0.25) is 4.79 Å². The lowest BCUT2D eigenvalue weighted by Crippen LogP contribution is -2.33. The van der Waals surface area contributed by atoms with E-state index in [1.165, 1.54) is 0 Å². The van der Waals surface area contributed by atoms with Crippen molar-refractivity contribution in [1.29, 1.82) is 0 Å². The van der Waals surface area contributed by atoms with Crippen molar-refractivity contribution in [2.45, 2.75) is 11.4 Å². The molecule has 1 aromatic heterocycles. The van der Waals surface area contributed by atoms with E-state index in [1.807, 2.05) is 19.1 Å². The van der Waals surface area contributed by atoms with Gasteiger partial charge < -0.3 is 10.6 Å². The Kier molecular flexibility index (Phi) is 3.87. The number of hydrogen-bond donors (Lipinski definition) is 2. The third-order valence-corrected chi connectivity index (χ3v) is 3.28. The van der Waals surface area contributed by atoms with Crippen LogP contribution in [0.15, 0.2) is 46.7 Å². The molecular formula is C12H11Br2N3O. The summed E-state index contributed by atoms with van der Waals surface area (Å²) < 4.78 is 0.570. The highest BCUT2D eigenvalue weighted by Gasteiger charge is 2.19. The van der Waals surface area contributed by atoms with E-state index in [2.05, 4.69) is 47.5 Å². The van der Waals surface area contributed by atoms with Crippen LogP contribution >= 0.6 is 31.9 Å². The molecule has 1 aromatic rings. The fourth-order valence-corrected chi connectivity index (χ4v) is 1.82. The van der Waals surface area contributed by atoms with Gasteiger partial charge >= 0.3 is 0 Å². The molecule has 4 nitrogen and oxygen atoms in total. The van der Waals surface area contributed by atoms with Crippen molar-refractivity contribution in [2.75, 3.05) is 5.32 Å². The van der Waals surface area contributed by atoms with Crippen LogP contribution in [0.1, 0.15) is 6.92 Å². The lowest BCUT2D eigenvalue weighted by Gasteiger charge is -2.23. The summed E-state index contributed by atoms with van der Waals surface area (Å²) in [5.41, 5.74) is 0.552. The molecule has 0 spiro atoms. The zero-order chi connectivity index (χ0) is 13.2. The first-order valence-electron chi connectivity index (χ1n) is 5.25. The van der Waals surface area contributed by atoms with Crippen molar-refractivity contribution in [3.63, 3.8) is 0 Å². The monoisotopic (exact) mass is 371 g/mol. The van der Waals surface area contributed by atoms with Gasteiger partial charge in [0.15, 0.2) is 0 Å².